The Balaban J connectivity index is 1.00. The van der Waals surface area contributed by atoms with Crippen molar-refractivity contribution in [1.29, 1.82) is 0 Å². The van der Waals surface area contributed by atoms with Gasteiger partial charge in [-0.1, -0.05) is 145 Å². The van der Waals surface area contributed by atoms with E-state index in [9.17, 15) is 0 Å². The maximum absolute atomic E-state index is 6.44. The highest BCUT2D eigenvalue weighted by molar-refractivity contribution is 5.28. The van der Waals surface area contributed by atoms with Crippen LogP contribution in [0.15, 0.2) is 78.9 Å². The maximum atomic E-state index is 6.44. The molecule has 3 aromatic carbocycles. The highest BCUT2D eigenvalue weighted by atomic mass is 16.5. The fourth-order valence-electron chi connectivity index (χ4n) is 8.65. The molecular weight excluding hydrogens is 617 g/mol. The third kappa shape index (κ3) is 13.1. The van der Waals surface area contributed by atoms with Crippen molar-refractivity contribution in [2.45, 2.75) is 136 Å². The first-order chi connectivity index (χ1) is 24.7. The summed E-state index contributed by atoms with van der Waals surface area (Å²) >= 11 is 0. The number of rotatable bonds is 22. The Kier molecular flexibility index (Phi) is 17.0. The van der Waals surface area contributed by atoms with E-state index in [0.29, 0.717) is 19.8 Å². The fourth-order valence-corrected chi connectivity index (χ4v) is 8.65. The van der Waals surface area contributed by atoms with E-state index >= 15 is 0 Å². The Hall–Kier alpha value is -2.82. The Labute approximate surface area is 304 Å². The largest absolute Gasteiger partial charge is 0.494 e. The molecule has 4 unspecified atom stereocenters. The van der Waals surface area contributed by atoms with Crippen LogP contribution in [-0.2, 0) is 22.7 Å². The lowest BCUT2D eigenvalue weighted by Gasteiger charge is -2.31. The molecule has 2 saturated carbocycles. The molecule has 5 atom stereocenters. The molecule has 5 rings (SSSR count). The van der Waals surface area contributed by atoms with Gasteiger partial charge in [0.25, 0.3) is 0 Å². The molecule has 0 amide bonds. The first-order valence-corrected chi connectivity index (χ1v) is 20.4. The zero-order valence-corrected chi connectivity index (χ0v) is 31.4. The molecule has 0 saturated heterocycles. The number of hydrogen-bond acceptors (Lipinski definition) is 4. The van der Waals surface area contributed by atoms with Crippen molar-refractivity contribution in [2.24, 2.45) is 23.7 Å². The van der Waals surface area contributed by atoms with E-state index < -0.39 is 0 Å². The van der Waals surface area contributed by atoms with Crippen LogP contribution >= 0.6 is 0 Å². The van der Waals surface area contributed by atoms with Gasteiger partial charge >= 0.3 is 0 Å². The van der Waals surface area contributed by atoms with Crippen molar-refractivity contribution < 1.29 is 18.9 Å². The molecule has 0 heterocycles. The predicted octanol–water partition coefficient (Wildman–Crippen LogP) is 12.7. The molecule has 2 aliphatic rings. The normalized spacial score (nSPS) is 21.5. The summed E-state index contributed by atoms with van der Waals surface area (Å²) in [4.78, 5) is 0. The van der Waals surface area contributed by atoms with Crippen LogP contribution in [0.25, 0.3) is 0 Å². The van der Waals surface area contributed by atoms with Gasteiger partial charge in [-0.25, -0.2) is 0 Å². The van der Waals surface area contributed by atoms with E-state index in [1.54, 1.807) is 0 Å². The summed E-state index contributed by atoms with van der Waals surface area (Å²) in [6.07, 6.45) is 21.6. The van der Waals surface area contributed by atoms with Crippen molar-refractivity contribution in [3.05, 3.63) is 95.6 Å². The molecule has 0 bridgehead atoms. The van der Waals surface area contributed by atoms with E-state index in [-0.39, 0.29) is 6.10 Å². The third-order valence-electron chi connectivity index (χ3n) is 11.4. The molecular formula is C46H66O4. The second kappa shape index (κ2) is 22.2. The Bertz CT molecular complexity index is 1290. The number of benzene rings is 3. The van der Waals surface area contributed by atoms with Gasteiger partial charge in [-0.05, 0) is 90.3 Å². The van der Waals surface area contributed by atoms with Gasteiger partial charge in [-0.2, -0.15) is 0 Å². The minimum absolute atomic E-state index is 0.146. The summed E-state index contributed by atoms with van der Waals surface area (Å²) < 4.78 is 24.9. The van der Waals surface area contributed by atoms with E-state index in [0.717, 1.165) is 77.9 Å². The zero-order chi connectivity index (χ0) is 34.6. The molecule has 0 aromatic heterocycles. The summed E-state index contributed by atoms with van der Waals surface area (Å²) in [5, 5.41) is 0. The minimum atomic E-state index is -0.146. The SMILES string of the molecule is CCCC1CCCCC1CCCOc1ccc(COC[C@H](OCc2ccc(OCCCC3CCCCC3CCC)cc2)c2ccccc2)cc1. The molecule has 2 fully saturated rings. The number of ether oxygens (including phenoxy) is 4. The highest BCUT2D eigenvalue weighted by Crippen LogP contribution is 2.37. The number of hydrogen-bond donors (Lipinski definition) is 0. The van der Waals surface area contributed by atoms with Crippen LogP contribution in [0, 0.1) is 23.7 Å². The lowest BCUT2D eigenvalue weighted by atomic mass is 9.75. The van der Waals surface area contributed by atoms with Crippen LogP contribution in [0.3, 0.4) is 0 Å². The smallest absolute Gasteiger partial charge is 0.119 e. The lowest BCUT2D eigenvalue weighted by Crippen LogP contribution is -2.20. The van der Waals surface area contributed by atoms with Gasteiger partial charge in [0.1, 0.15) is 17.6 Å². The van der Waals surface area contributed by atoms with Gasteiger partial charge in [0.05, 0.1) is 33.0 Å². The van der Waals surface area contributed by atoms with E-state index in [1.165, 1.54) is 89.9 Å². The van der Waals surface area contributed by atoms with Crippen LogP contribution in [0.1, 0.15) is 139 Å². The van der Waals surface area contributed by atoms with Crippen molar-refractivity contribution in [3.63, 3.8) is 0 Å². The molecule has 2 aliphatic carbocycles. The summed E-state index contributed by atoms with van der Waals surface area (Å²) in [5.41, 5.74) is 3.41. The van der Waals surface area contributed by atoms with Crippen molar-refractivity contribution in [3.8, 4) is 11.5 Å². The van der Waals surface area contributed by atoms with Gasteiger partial charge in [-0.3, -0.25) is 0 Å². The van der Waals surface area contributed by atoms with Gasteiger partial charge in [0.2, 0.25) is 0 Å². The van der Waals surface area contributed by atoms with Crippen LogP contribution in [0.5, 0.6) is 11.5 Å². The Morgan fingerprint density at radius 1 is 0.540 bits per heavy atom. The van der Waals surface area contributed by atoms with Gasteiger partial charge < -0.3 is 18.9 Å². The van der Waals surface area contributed by atoms with Gasteiger partial charge in [0.15, 0.2) is 0 Å². The van der Waals surface area contributed by atoms with Crippen molar-refractivity contribution in [1.82, 2.24) is 0 Å². The molecule has 0 spiro atoms. The quantitative estimate of drug-likeness (QED) is 0.0989. The molecule has 3 aromatic rings. The van der Waals surface area contributed by atoms with Gasteiger partial charge in [-0.15, -0.1) is 0 Å². The summed E-state index contributed by atoms with van der Waals surface area (Å²) in [5.74, 6) is 5.58. The van der Waals surface area contributed by atoms with E-state index in [1.807, 2.05) is 6.07 Å². The van der Waals surface area contributed by atoms with Gasteiger partial charge in [0, 0.05) is 0 Å². The molecule has 4 nitrogen and oxygen atoms in total. The zero-order valence-electron chi connectivity index (χ0n) is 31.4. The predicted molar refractivity (Wildman–Crippen MR) is 207 cm³/mol. The summed E-state index contributed by atoms with van der Waals surface area (Å²) in [6.45, 7) is 7.82. The highest BCUT2D eigenvalue weighted by Gasteiger charge is 2.25. The van der Waals surface area contributed by atoms with Crippen molar-refractivity contribution in [2.75, 3.05) is 19.8 Å². The average Bonchev–Trinajstić information content (AvgIpc) is 3.16. The van der Waals surface area contributed by atoms with Crippen LogP contribution in [0.4, 0.5) is 0 Å². The third-order valence-corrected chi connectivity index (χ3v) is 11.4. The molecule has 0 radical (unpaired) electrons. The first kappa shape index (κ1) is 38.4. The molecule has 4 heteroatoms. The molecule has 274 valence electrons. The average molecular weight is 683 g/mol. The second-order valence-electron chi connectivity index (χ2n) is 15.2. The van der Waals surface area contributed by atoms with E-state index in [4.69, 9.17) is 18.9 Å². The maximum Gasteiger partial charge on any atom is 0.119 e. The van der Waals surface area contributed by atoms with Crippen LogP contribution in [-0.4, -0.2) is 19.8 Å². The summed E-state index contributed by atoms with van der Waals surface area (Å²) in [6, 6.07) is 27.2. The Morgan fingerprint density at radius 3 is 1.48 bits per heavy atom. The monoisotopic (exact) mass is 682 g/mol. The topological polar surface area (TPSA) is 36.9 Å². The fraction of sp³-hybridized carbons (Fsp3) is 0.609. The lowest BCUT2D eigenvalue weighted by molar-refractivity contribution is -0.0313. The first-order valence-electron chi connectivity index (χ1n) is 20.4. The molecule has 0 aliphatic heterocycles. The second-order valence-corrected chi connectivity index (χ2v) is 15.2. The van der Waals surface area contributed by atoms with Crippen LogP contribution in [0.2, 0.25) is 0 Å². The Morgan fingerprint density at radius 2 is 1.00 bits per heavy atom. The molecule has 50 heavy (non-hydrogen) atoms. The van der Waals surface area contributed by atoms with Crippen molar-refractivity contribution >= 4 is 0 Å². The minimum Gasteiger partial charge on any atom is -0.494 e. The van der Waals surface area contributed by atoms with Crippen LogP contribution < -0.4 is 9.47 Å². The van der Waals surface area contributed by atoms with E-state index in [2.05, 4.69) is 86.6 Å². The molecule has 0 N–H and O–H groups in total. The summed E-state index contributed by atoms with van der Waals surface area (Å²) in [7, 11) is 0. The standard InChI is InChI=1S/C46H66O4/c1-3-14-39-16-8-10-18-41(39)22-12-32-48-44-28-24-37(25-29-44)34-47-36-46(43-20-6-5-7-21-43)50-35-38-26-30-45(31-27-38)49-33-13-23-42-19-11-9-17-40(42)15-4-2/h5-7,20-21,24-31,39-42,46H,3-4,8-19,22-23,32-36H2,1-2H3/t39?,40?,41?,42?,46-/m0/s1.